The molecule has 21 heavy (non-hydrogen) atoms. The predicted octanol–water partition coefficient (Wildman–Crippen LogP) is 0.710. The van der Waals surface area contributed by atoms with Crippen molar-refractivity contribution >= 4 is 11.6 Å². The molecule has 118 valence electrons. The largest absolute Gasteiger partial charge is 0.494 e. The molecule has 1 rings (SSSR count). The van der Waals surface area contributed by atoms with Crippen molar-refractivity contribution in [1.82, 2.24) is 10.2 Å². The lowest BCUT2D eigenvalue weighted by molar-refractivity contribution is 0.0326. The van der Waals surface area contributed by atoms with Gasteiger partial charge in [-0.15, -0.1) is 0 Å². The summed E-state index contributed by atoms with van der Waals surface area (Å²) in [6, 6.07) is 4.89. The monoisotopic (exact) mass is 295 g/mol. The molecule has 1 aromatic carbocycles. The molecular weight excluding hydrogens is 270 g/mol. The van der Waals surface area contributed by atoms with E-state index in [2.05, 4.69) is 5.32 Å². The van der Waals surface area contributed by atoms with Gasteiger partial charge < -0.3 is 25.8 Å². The van der Waals surface area contributed by atoms with Gasteiger partial charge in [-0.1, -0.05) is 0 Å². The summed E-state index contributed by atoms with van der Waals surface area (Å²) in [5.74, 6) is 0.269. The highest BCUT2D eigenvalue weighted by atomic mass is 16.5. The fraction of sp³-hybridized carbons (Fsp3) is 0.533. The van der Waals surface area contributed by atoms with Crippen LogP contribution in [0.2, 0.25) is 0 Å². The van der Waals surface area contributed by atoms with Crippen LogP contribution in [0.4, 0.5) is 5.69 Å². The van der Waals surface area contributed by atoms with Crippen LogP contribution in [0.15, 0.2) is 18.2 Å². The zero-order chi connectivity index (χ0) is 16.0. The Morgan fingerprint density at radius 2 is 2.10 bits per heavy atom. The normalized spacial score (nSPS) is 13.8. The Morgan fingerprint density at radius 1 is 1.43 bits per heavy atom. The van der Waals surface area contributed by atoms with E-state index in [4.69, 9.17) is 10.5 Å². The van der Waals surface area contributed by atoms with Crippen LogP contribution in [0.1, 0.15) is 24.2 Å². The van der Waals surface area contributed by atoms with Crippen molar-refractivity contribution in [3.05, 3.63) is 23.8 Å². The van der Waals surface area contributed by atoms with Crippen molar-refractivity contribution in [1.29, 1.82) is 0 Å². The number of anilines is 1. The third-order valence-electron chi connectivity index (χ3n) is 2.79. The third-order valence-corrected chi connectivity index (χ3v) is 2.79. The van der Waals surface area contributed by atoms with Gasteiger partial charge in [0.15, 0.2) is 0 Å². The second kappa shape index (κ2) is 7.28. The van der Waals surface area contributed by atoms with E-state index >= 15 is 0 Å². The Bertz CT molecular complexity index is 487. The molecule has 6 heteroatoms. The summed E-state index contributed by atoms with van der Waals surface area (Å²) in [5, 5.41) is 12.9. The molecule has 0 radical (unpaired) electrons. The summed E-state index contributed by atoms with van der Waals surface area (Å²) in [6.07, 6.45) is 0. The molecule has 0 aromatic heterocycles. The van der Waals surface area contributed by atoms with Crippen molar-refractivity contribution < 1.29 is 14.6 Å². The lowest BCUT2D eigenvalue weighted by Gasteiger charge is -2.27. The number of hydrogen-bond acceptors (Lipinski definition) is 5. The average molecular weight is 295 g/mol. The van der Waals surface area contributed by atoms with Crippen molar-refractivity contribution in [2.24, 2.45) is 0 Å². The molecule has 1 aromatic rings. The molecule has 0 aliphatic carbocycles. The number of aliphatic hydroxyl groups is 1. The Labute approximate surface area is 125 Å². The third kappa shape index (κ3) is 6.01. The van der Waals surface area contributed by atoms with Gasteiger partial charge in [0.1, 0.15) is 5.75 Å². The number of carbonyl (C=O) groups is 1. The minimum atomic E-state index is -0.998. The molecule has 1 unspecified atom stereocenters. The Balaban J connectivity index is 2.71. The number of carbonyl (C=O) groups excluding carboxylic acids is 1. The molecule has 4 N–H and O–H groups in total. The van der Waals surface area contributed by atoms with Gasteiger partial charge in [0.05, 0.1) is 12.2 Å². The zero-order valence-electron chi connectivity index (χ0n) is 13.1. The molecule has 1 atom stereocenters. The minimum Gasteiger partial charge on any atom is -0.494 e. The Kier molecular flexibility index (Phi) is 5.99. The first-order valence-corrected chi connectivity index (χ1v) is 6.92. The number of nitrogens with two attached hydrogens (primary N) is 1. The number of rotatable bonds is 7. The standard InChI is InChI=1S/C15H25N3O3/c1-5-21-13-7-11(6-12(16)8-13)14(19)17-9-15(2,20)10-18(3)4/h6-8,20H,5,9-10,16H2,1-4H3,(H,17,19). The summed E-state index contributed by atoms with van der Waals surface area (Å²) in [5.41, 5.74) is 5.64. The number of hydrogen-bond donors (Lipinski definition) is 3. The van der Waals surface area contributed by atoms with E-state index in [9.17, 15) is 9.90 Å². The molecule has 0 spiro atoms. The Hall–Kier alpha value is -1.79. The van der Waals surface area contributed by atoms with Crippen molar-refractivity contribution in [3.63, 3.8) is 0 Å². The van der Waals surface area contributed by atoms with E-state index in [0.717, 1.165) is 0 Å². The van der Waals surface area contributed by atoms with Crippen LogP contribution in [-0.2, 0) is 0 Å². The van der Waals surface area contributed by atoms with Gasteiger partial charge in [0.25, 0.3) is 5.91 Å². The van der Waals surface area contributed by atoms with Gasteiger partial charge in [-0.2, -0.15) is 0 Å². The highest BCUT2D eigenvalue weighted by molar-refractivity contribution is 5.95. The van der Waals surface area contributed by atoms with Gasteiger partial charge in [-0.05, 0) is 40.1 Å². The van der Waals surface area contributed by atoms with E-state index in [1.807, 2.05) is 25.9 Å². The molecule has 0 bridgehead atoms. The maximum atomic E-state index is 12.1. The molecule has 0 saturated heterocycles. The number of benzene rings is 1. The van der Waals surface area contributed by atoms with E-state index < -0.39 is 5.60 Å². The second-order valence-corrected chi connectivity index (χ2v) is 5.64. The summed E-state index contributed by atoms with van der Waals surface area (Å²) >= 11 is 0. The smallest absolute Gasteiger partial charge is 0.251 e. The number of nitrogens with zero attached hydrogens (tertiary/aromatic N) is 1. The molecule has 0 aliphatic heterocycles. The van der Waals surface area contributed by atoms with Crippen LogP contribution >= 0.6 is 0 Å². The summed E-state index contributed by atoms with van der Waals surface area (Å²) in [6.45, 7) is 4.65. The highest BCUT2D eigenvalue weighted by Crippen LogP contribution is 2.19. The highest BCUT2D eigenvalue weighted by Gasteiger charge is 2.22. The first-order chi connectivity index (χ1) is 9.73. The van der Waals surface area contributed by atoms with Gasteiger partial charge in [0.2, 0.25) is 0 Å². The van der Waals surface area contributed by atoms with E-state index in [1.165, 1.54) is 0 Å². The quantitative estimate of drug-likeness (QED) is 0.645. The van der Waals surface area contributed by atoms with Gasteiger partial charge >= 0.3 is 0 Å². The van der Waals surface area contributed by atoms with E-state index in [0.29, 0.717) is 30.2 Å². The van der Waals surface area contributed by atoms with Crippen molar-refractivity contribution in [3.8, 4) is 5.75 Å². The van der Waals surface area contributed by atoms with Crippen LogP contribution in [0.25, 0.3) is 0 Å². The number of amides is 1. The second-order valence-electron chi connectivity index (χ2n) is 5.64. The molecule has 0 aliphatic rings. The van der Waals surface area contributed by atoms with Crippen molar-refractivity contribution in [2.75, 3.05) is 39.5 Å². The summed E-state index contributed by atoms with van der Waals surface area (Å²) < 4.78 is 5.36. The number of likely N-dealkylation sites (N-methyl/N-ethyl adjacent to an activating group) is 1. The predicted molar refractivity (Wildman–Crippen MR) is 83.5 cm³/mol. The average Bonchev–Trinajstić information content (AvgIpc) is 2.34. The minimum absolute atomic E-state index is 0.156. The number of nitrogens with one attached hydrogen (secondary N) is 1. The van der Waals surface area contributed by atoms with Crippen LogP contribution in [0, 0.1) is 0 Å². The maximum Gasteiger partial charge on any atom is 0.251 e. The molecule has 1 amide bonds. The van der Waals surface area contributed by atoms with Gasteiger partial charge in [-0.25, -0.2) is 0 Å². The Morgan fingerprint density at radius 3 is 2.67 bits per heavy atom. The fourth-order valence-corrected chi connectivity index (χ4v) is 2.11. The molecule has 6 nitrogen and oxygen atoms in total. The van der Waals surface area contributed by atoms with Crippen LogP contribution < -0.4 is 15.8 Å². The first kappa shape index (κ1) is 17.3. The summed E-state index contributed by atoms with van der Waals surface area (Å²) in [4.78, 5) is 14.0. The molecule has 0 saturated carbocycles. The molecular formula is C15H25N3O3. The van der Waals surface area contributed by atoms with Crippen LogP contribution in [-0.4, -0.2) is 55.3 Å². The van der Waals surface area contributed by atoms with Crippen LogP contribution in [0.5, 0.6) is 5.75 Å². The lowest BCUT2D eigenvalue weighted by atomic mass is 10.1. The number of ether oxygens (including phenoxy) is 1. The van der Waals surface area contributed by atoms with Gasteiger partial charge in [0, 0.05) is 30.4 Å². The van der Waals surface area contributed by atoms with Crippen molar-refractivity contribution in [2.45, 2.75) is 19.4 Å². The molecule has 0 fully saturated rings. The number of nitrogen functional groups attached to an aromatic ring is 1. The first-order valence-electron chi connectivity index (χ1n) is 6.92. The maximum absolute atomic E-state index is 12.1. The van der Waals surface area contributed by atoms with Crippen LogP contribution in [0.3, 0.4) is 0 Å². The zero-order valence-corrected chi connectivity index (χ0v) is 13.1. The molecule has 0 heterocycles. The summed E-state index contributed by atoms with van der Waals surface area (Å²) in [7, 11) is 3.73. The van der Waals surface area contributed by atoms with E-state index in [-0.39, 0.29) is 12.5 Å². The van der Waals surface area contributed by atoms with E-state index in [1.54, 1.807) is 25.1 Å². The topological polar surface area (TPSA) is 87.8 Å². The van der Waals surface area contributed by atoms with Gasteiger partial charge in [-0.3, -0.25) is 4.79 Å². The SMILES string of the molecule is CCOc1cc(N)cc(C(=O)NCC(C)(O)CN(C)C)c1. The fourth-order valence-electron chi connectivity index (χ4n) is 2.11. The lowest BCUT2D eigenvalue weighted by Crippen LogP contribution is -2.47.